The molecule has 33 heavy (non-hydrogen) atoms. The van der Waals surface area contributed by atoms with Gasteiger partial charge in [0.05, 0.1) is 19.3 Å². The maximum atomic E-state index is 12.7. The van der Waals surface area contributed by atoms with E-state index in [1.165, 1.54) is 0 Å². The first-order valence-electron chi connectivity index (χ1n) is 11.3. The van der Waals surface area contributed by atoms with Crippen molar-refractivity contribution in [3.8, 4) is 6.07 Å². The number of ether oxygens (including phenoxy) is 1. The van der Waals surface area contributed by atoms with Crippen molar-refractivity contribution >= 4 is 23.5 Å². The Labute approximate surface area is 195 Å². The second kappa shape index (κ2) is 14.1. The molecule has 1 aliphatic rings. The van der Waals surface area contributed by atoms with Crippen LogP contribution < -0.4 is 21.3 Å². The summed E-state index contributed by atoms with van der Waals surface area (Å²) in [6.45, 7) is 8.54. The molecule has 0 aliphatic carbocycles. The minimum Gasteiger partial charge on any atom is -0.379 e. The molecule has 0 aromatic heterocycles. The molecule has 0 bridgehead atoms. The number of anilines is 1. The topological polar surface area (TPSA) is 136 Å². The first-order chi connectivity index (χ1) is 15.9. The average molecular weight is 459 g/mol. The van der Waals surface area contributed by atoms with Crippen molar-refractivity contribution in [2.24, 2.45) is 5.92 Å². The third kappa shape index (κ3) is 9.89. The van der Waals surface area contributed by atoms with E-state index in [2.05, 4.69) is 26.2 Å². The number of carbonyl (C=O) groups is 3. The van der Waals surface area contributed by atoms with Gasteiger partial charge in [0.1, 0.15) is 12.6 Å². The predicted molar refractivity (Wildman–Crippen MR) is 125 cm³/mol. The van der Waals surface area contributed by atoms with Crippen molar-refractivity contribution < 1.29 is 19.1 Å². The van der Waals surface area contributed by atoms with Gasteiger partial charge in [-0.3, -0.25) is 14.5 Å². The van der Waals surface area contributed by atoms with Gasteiger partial charge in [-0.2, -0.15) is 5.26 Å². The van der Waals surface area contributed by atoms with Gasteiger partial charge in [0.2, 0.25) is 5.91 Å². The van der Waals surface area contributed by atoms with Crippen molar-refractivity contribution in [1.29, 1.82) is 5.26 Å². The van der Waals surface area contributed by atoms with E-state index in [1.54, 1.807) is 24.3 Å². The highest BCUT2D eigenvalue weighted by atomic mass is 16.5. The zero-order chi connectivity index (χ0) is 24.1. The lowest BCUT2D eigenvalue weighted by Gasteiger charge is -2.26. The summed E-state index contributed by atoms with van der Waals surface area (Å²) >= 11 is 0. The van der Waals surface area contributed by atoms with Gasteiger partial charge in [0.25, 0.3) is 5.91 Å². The van der Waals surface area contributed by atoms with Crippen LogP contribution in [0.4, 0.5) is 10.5 Å². The number of hydrogen-bond acceptors (Lipinski definition) is 6. The lowest BCUT2D eigenvalue weighted by molar-refractivity contribution is -0.123. The summed E-state index contributed by atoms with van der Waals surface area (Å²) in [5.74, 6) is -0.658. The third-order valence-corrected chi connectivity index (χ3v) is 5.09. The molecule has 1 aromatic rings. The molecule has 1 aliphatic heterocycles. The van der Waals surface area contributed by atoms with Crippen molar-refractivity contribution in [3.05, 3.63) is 29.8 Å². The van der Waals surface area contributed by atoms with E-state index in [-0.39, 0.29) is 18.5 Å². The number of nitrogens with zero attached hydrogens (tertiary/aromatic N) is 2. The van der Waals surface area contributed by atoms with Crippen LogP contribution in [0.15, 0.2) is 24.3 Å². The summed E-state index contributed by atoms with van der Waals surface area (Å²) in [7, 11) is 0. The van der Waals surface area contributed by atoms with Gasteiger partial charge in [0.15, 0.2) is 0 Å². The van der Waals surface area contributed by atoms with E-state index in [9.17, 15) is 14.4 Å². The predicted octanol–water partition coefficient (Wildman–Crippen LogP) is 1.31. The second-order valence-corrected chi connectivity index (χ2v) is 8.30. The fourth-order valence-corrected chi connectivity index (χ4v) is 3.44. The number of hydrogen-bond donors (Lipinski definition) is 4. The van der Waals surface area contributed by atoms with Crippen LogP contribution in [-0.2, 0) is 9.53 Å². The van der Waals surface area contributed by atoms with E-state index in [4.69, 9.17) is 10.00 Å². The molecule has 10 heteroatoms. The highest BCUT2D eigenvalue weighted by molar-refractivity contribution is 5.99. The van der Waals surface area contributed by atoms with Gasteiger partial charge in [-0.1, -0.05) is 19.9 Å². The number of urea groups is 1. The Morgan fingerprint density at radius 3 is 2.64 bits per heavy atom. The molecule has 1 aromatic carbocycles. The van der Waals surface area contributed by atoms with E-state index in [0.717, 1.165) is 39.3 Å². The van der Waals surface area contributed by atoms with Crippen molar-refractivity contribution in [2.75, 3.05) is 51.3 Å². The smallest absolute Gasteiger partial charge is 0.319 e. The molecule has 0 spiro atoms. The zero-order valence-corrected chi connectivity index (χ0v) is 19.4. The molecule has 1 saturated heterocycles. The molecular weight excluding hydrogens is 424 g/mol. The number of carbonyl (C=O) groups excluding carboxylic acids is 3. The van der Waals surface area contributed by atoms with Crippen molar-refractivity contribution in [3.63, 3.8) is 0 Å². The first kappa shape index (κ1) is 26.1. The first-order valence-corrected chi connectivity index (χ1v) is 11.3. The van der Waals surface area contributed by atoms with Crippen LogP contribution in [0, 0.1) is 17.2 Å². The number of amides is 4. The Hall–Kier alpha value is -3.16. The summed E-state index contributed by atoms with van der Waals surface area (Å²) < 4.78 is 5.32. The van der Waals surface area contributed by atoms with Crippen molar-refractivity contribution in [1.82, 2.24) is 20.9 Å². The van der Waals surface area contributed by atoms with Gasteiger partial charge in [-0.25, -0.2) is 4.79 Å². The SMILES string of the molecule is CC(C)CC(NC(=O)c1cccc(NC(=O)NCCCN2CCOCC2)c1)C(=O)NCC#N. The van der Waals surface area contributed by atoms with E-state index in [0.29, 0.717) is 24.2 Å². The third-order valence-electron chi connectivity index (χ3n) is 5.09. The van der Waals surface area contributed by atoms with Crippen LogP contribution in [0.5, 0.6) is 0 Å². The molecule has 1 heterocycles. The highest BCUT2D eigenvalue weighted by Crippen LogP contribution is 2.12. The Bertz CT molecular complexity index is 832. The molecule has 180 valence electrons. The molecule has 4 N–H and O–H groups in total. The van der Waals surface area contributed by atoms with E-state index in [1.807, 2.05) is 19.9 Å². The van der Waals surface area contributed by atoms with Crippen LogP contribution in [0.2, 0.25) is 0 Å². The summed E-state index contributed by atoms with van der Waals surface area (Å²) in [4.78, 5) is 39.5. The number of morpholine rings is 1. The molecule has 0 saturated carbocycles. The number of benzene rings is 1. The molecule has 1 atom stereocenters. The number of nitrogens with one attached hydrogen (secondary N) is 4. The standard InChI is InChI=1S/C23H34N6O4/c1-17(2)15-20(22(31)25-9-7-24)28-21(30)18-5-3-6-19(16-18)27-23(32)26-8-4-10-29-11-13-33-14-12-29/h3,5-6,16-17,20H,4,8-15H2,1-2H3,(H,25,31)(H,28,30)(H2,26,27,32). The Morgan fingerprint density at radius 2 is 1.94 bits per heavy atom. The fourth-order valence-electron chi connectivity index (χ4n) is 3.44. The van der Waals surface area contributed by atoms with Gasteiger partial charge < -0.3 is 26.0 Å². The van der Waals surface area contributed by atoms with Gasteiger partial charge in [0, 0.05) is 30.9 Å². The highest BCUT2D eigenvalue weighted by Gasteiger charge is 2.22. The van der Waals surface area contributed by atoms with Gasteiger partial charge in [-0.05, 0) is 43.5 Å². The molecule has 1 unspecified atom stereocenters. The summed E-state index contributed by atoms with van der Waals surface area (Å²) in [5.41, 5.74) is 0.796. The quantitative estimate of drug-likeness (QED) is 0.292. The maximum Gasteiger partial charge on any atom is 0.319 e. The Morgan fingerprint density at radius 1 is 1.18 bits per heavy atom. The fraction of sp³-hybridized carbons (Fsp3) is 0.565. The lowest BCUT2D eigenvalue weighted by Crippen LogP contribution is -2.47. The van der Waals surface area contributed by atoms with Crippen LogP contribution >= 0.6 is 0 Å². The monoisotopic (exact) mass is 458 g/mol. The lowest BCUT2D eigenvalue weighted by atomic mass is 10.0. The van der Waals surface area contributed by atoms with Crippen molar-refractivity contribution in [2.45, 2.75) is 32.7 Å². The average Bonchev–Trinajstić information content (AvgIpc) is 2.80. The normalized spacial score (nSPS) is 14.7. The van der Waals surface area contributed by atoms with Crippen LogP contribution in [0.1, 0.15) is 37.0 Å². The molecule has 2 rings (SSSR count). The summed E-state index contributed by atoms with van der Waals surface area (Å²) in [6, 6.07) is 7.28. The Kier molecular flexibility index (Phi) is 11.1. The molecule has 10 nitrogen and oxygen atoms in total. The van der Waals surface area contributed by atoms with Gasteiger partial charge >= 0.3 is 6.03 Å². The summed E-state index contributed by atoms with van der Waals surface area (Å²) in [5, 5.41) is 19.4. The van der Waals surface area contributed by atoms with Crippen LogP contribution in [0.25, 0.3) is 0 Å². The minimum absolute atomic E-state index is 0.121. The van der Waals surface area contributed by atoms with Gasteiger partial charge in [-0.15, -0.1) is 0 Å². The molecular formula is C23H34N6O4. The molecule has 4 amide bonds. The Balaban J connectivity index is 1.84. The zero-order valence-electron chi connectivity index (χ0n) is 19.4. The maximum absolute atomic E-state index is 12.7. The number of rotatable bonds is 11. The molecule has 1 fully saturated rings. The second-order valence-electron chi connectivity index (χ2n) is 8.30. The summed E-state index contributed by atoms with van der Waals surface area (Å²) in [6.07, 6.45) is 1.27. The molecule has 0 radical (unpaired) electrons. The van der Waals surface area contributed by atoms with E-state index >= 15 is 0 Å². The van der Waals surface area contributed by atoms with E-state index < -0.39 is 17.9 Å². The number of nitriles is 1. The van der Waals surface area contributed by atoms with Crippen LogP contribution in [-0.4, -0.2) is 74.7 Å². The largest absolute Gasteiger partial charge is 0.379 e. The minimum atomic E-state index is -0.753. The van der Waals surface area contributed by atoms with Crippen LogP contribution in [0.3, 0.4) is 0 Å².